The van der Waals surface area contributed by atoms with E-state index in [1.165, 1.54) is 37.1 Å². The maximum atomic E-state index is 4.74. The molecule has 1 aromatic carbocycles. The average molecular weight is 524 g/mol. The van der Waals surface area contributed by atoms with E-state index in [1.807, 2.05) is 23.1 Å². The fraction of sp³-hybridized carbons (Fsp3) is 0.565. The second-order valence-electron chi connectivity index (χ2n) is 8.04. The van der Waals surface area contributed by atoms with Crippen molar-refractivity contribution in [1.29, 1.82) is 0 Å². The van der Waals surface area contributed by atoms with Crippen molar-refractivity contribution in [3.63, 3.8) is 0 Å². The number of piperidine rings is 1. The number of guanidine groups is 1. The highest BCUT2D eigenvalue weighted by molar-refractivity contribution is 14.0. The maximum absolute atomic E-state index is 4.74. The largest absolute Gasteiger partial charge is 0.357 e. The van der Waals surface area contributed by atoms with Gasteiger partial charge in [0.1, 0.15) is 0 Å². The van der Waals surface area contributed by atoms with E-state index in [9.17, 15) is 0 Å². The Morgan fingerprint density at radius 2 is 2.00 bits per heavy atom. The Morgan fingerprint density at radius 1 is 1.20 bits per heavy atom. The van der Waals surface area contributed by atoms with Gasteiger partial charge in [-0.1, -0.05) is 31.2 Å². The van der Waals surface area contributed by atoms with E-state index in [0.29, 0.717) is 6.54 Å². The molecule has 1 aromatic heterocycles. The van der Waals surface area contributed by atoms with E-state index in [-0.39, 0.29) is 24.0 Å². The first kappa shape index (κ1) is 24.7. The molecule has 0 aliphatic carbocycles. The molecule has 3 rings (SSSR count). The molecular weight excluding hydrogens is 487 g/mol. The number of nitrogens with one attached hydrogen (secondary N) is 2. The van der Waals surface area contributed by atoms with Crippen LogP contribution in [0.5, 0.6) is 0 Å². The van der Waals surface area contributed by atoms with Crippen LogP contribution in [-0.2, 0) is 19.6 Å². The summed E-state index contributed by atoms with van der Waals surface area (Å²) in [6, 6.07) is 10.9. The smallest absolute Gasteiger partial charge is 0.191 e. The lowest BCUT2D eigenvalue weighted by Crippen LogP contribution is -2.38. The van der Waals surface area contributed by atoms with Gasteiger partial charge in [-0.2, -0.15) is 5.10 Å². The number of rotatable bonds is 9. The predicted molar refractivity (Wildman–Crippen MR) is 135 cm³/mol. The highest BCUT2D eigenvalue weighted by Crippen LogP contribution is 2.18. The first-order chi connectivity index (χ1) is 14.2. The van der Waals surface area contributed by atoms with Crippen LogP contribution < -0.4 is 10.6 Å². The topological polar surface area (TPSA) is 57.5 Å². The molecule has 1 aliphatic rings. The summed E-state index contributed by atoms with van der Waals surface area (Å²) in [5.74, 6) is 1.70. The highest BCUT2D eigenvalue weighted by Gasteiger charge is 2.16. The van der Waals surface area contributed by atoms with E-state index >= 15 is 0 Å². The van der Waals surface area contributed by atoms with Crippen LogP contribution in [-0.4, -0.2) is 46.8 Å². The fourth-order valence-electron chi connectivity index (χ4n) is 3.83. The Hall–Kier alpha value is -1.61. The van der Waals surface area contributed by atoms with E-state index < -0.39 is 0 Å². The van der Waals surface area contributed by atoms with Crippen LogP contribution in [0, 0.1) is 5.92 Å². The number of benzene rings is 1. The lowest BCUT2D eigenvalue weighted by atomic mass is 9.99. The average Bonchev–Trinajstić information content (AvgIpc) is 3.24. The molecule has 0 amide bonds. The molecule has 0 saturated carbocycles. The predicted octanol–water partition coefficient (Wildman–Crippen LogP) is 3.88. The van der Waals surface area contributed by atoms with Gasteiger partial charge in [-0.25, -0.2) is 4.99 Å². The van der Waals surface area contributed by atoms with Crippen molar-refractivity contribution >= 4 is 29.9 Å². The molecule has 7 heteroatoms. The van der Waals surface area contributed by atoms with Crippen LogP contribution in [0.25, 0.3) is 0 Å². The lowest BCUT2D eigenvalue weighted by Gasteiger charge is -2.30. The molecule has 1 atom stereocenters. The normalized spacial score (nSPS) is 17.4. The van der Waals surface area contributed by atoms with Crippen molar-refractivity contribution in [3.8, 4) is 0 Å². The molecule has 166 valence electrons. The van der Waals surface area contributed by atoms with Crippen LogP contribution in [0.15, 0.2) is 47.7 Å². The number of nitrogens with zero attached hydrogens (tertiary/aromatic N) is 4. The summed E-state index contributed by atoms with van der Waals surface area (Å²) < 4.78 is 1.96. The van der Waals surface area contributed by atoms with E-state index in [1.54, 1.807) is 0 Å². The lowest BCUT2D eigenvalue weighted by molar-refractivity contribution is 0.176. The number of hydrogen-bond acceptors (Lipinski definition) is 3. The molecule has 0 spiro atoms. The zero-order valence-electron chi connectivity index (χ0n) is 18.4. The second-order valence-corrected chi connectivity index (χ2v) is 8.04. The first-order valence-corrected chi connectivity index (χ1v) is 11.0. The summed E-state index contributed by atoms with van der Waals surface area (Å²) in [6.07, 6.45) is 7.52. The quantitative estimate of drug-likeness (QED) is 0.226. The number of aliphatic imine (C=N–C) groups is 1. The van der Waals surface area contributed by atoms with Crippen LogP contribution in [0.1, 0.15) is 44.2 Å². The summed E-state index contributed by atoms with van der Waals surface area (Å²) in [7, 11) is 0. The summed E-state index contributed by atoms with van der Waals surface area (Å²) in [5, 5.41) is 11.0. The number of likely N-dealkylation sites (tertiary alicyclic amines) is 1. The standard InChI is InChI=1S/C23H36N6.HI/c1-3-24-23(25-12-5-15-29-16-6-13-27-29)26-17-21-8-10-22(11-9-21)19-28-14-4-7-20(2)18-28;/h6,8-11,13,16,20H,3-5,7,12,14-15,17-19H2,1-2H3,(H2,24,25,26);1H. The van der Waals surface area contributed by atoms with Crippen LogP contribution in [0.3, 0.4) is 0 Å². The number of aryl methyl sites for hydroxylation is 1. The van der Waals surface area contributed by atoms with Gasteiger partial charge < -0.3 is 10.6 Å². The minimum absolute atomic E-state index is 0. The Morgan fingerprint density at radius 3 is 2.70 bits per heavy atom. The Labute approximate surface area is 198 Å². The maximum Gasteiger partial charge on any atom is 0.191 e. The van der Waals surface area contributed by atoms with Gasteiger partial charge in [0.25, 0.3) is 0 Å². The van der Waals surface area contributed by atoms with E-state index in [4.69, 9.17) is 4.99 Å². The molecule has 1 saturated heterocycles. The molecule has 1 aliphatic heterocycles. The fourth-order valence-corrected chi connectivity index (χ4v) is 3.83. The second kappa shape index (κ2) is 13.6. The molecule has 2 N–H and O–H groups in total. The van der Waals surface area contributed by atoms with E-state index in [0.717, 1.165) is 44.5 Å². The minimum Gasteiger partial charge on any atom is -0.357 e. The van der Waals surface area contributed by atoms with Crippen molar-refractivity contribution < 1.29 is 0 Å². The van der Waals surface area contributed by atoms with Crippen LogP contribution in [0.4, 0.5) is 0 Å². The van der Waals surface area contributed by atoms with Crippen molar-refractivity contribution in [2.75, 3.05) is 26.2 Å². The van der Waals surface area contributed by atoms with Crippen molar-refractivity contribution in [2.24, 2.45) is 10.9 Å². The van der Waals surface area contributed by atoms with Gasteiger partial charge in [0, 0.05) is 45.1 Å². The molecule has 0 radical (unpaired) electrons. The zero-order valence-corrected chi connectivity index (χ0v) is 20.7. The summed E-state index contributed by atoms with van der Waals surface area (Å²) in [5.41, 5.74) is 2.64. The Kier molecular flexibility index (Phi) is 11.2. The number of aromatic nitrogens is 2. The van der Waals surface area contributed by atoms with Gasteiger partial charge in [-0.15, -0.1) is 24.0 Å². The minimum atomic E-state index is 0. The Bertz CT molecular complexity index is 729. The van der Waals surface area contributed by atoms with Gasteiger partial charge in [0.05, 0.1) is 6.54 Å². The van der Waals surface area contributed by atoms with Gasteiger partial charge in [-0.3, -0.25) is 9.58 Å². The molecule has 2 aromatic rings. The third-order valence-corrected chi connectivity index (χ3v) is 5.35. The van der Waals surface area contributed by atoms with Gasteiger partial charge in [0.2, 0.25) is 0 Å². The first-order valence-electron chi connectivity index (χ1n) is 11.0. The SMILES string of the molecule is CCNC(=NCc1ccc(CN2CCCC(C)C2)cc1)NCCCn1cccn1.I. The molecule has 2 heterocycles. The van der Waals surface area contributed by atoms with E-state index in [2.05, 4.69) is 58.7 Å². The number of halogens is 1. The van der Waals surface area contributed by atoms with Crippen molar-refractivity contribution in [2.45, 2.75) is 52.7 Å². The Balaban J connectivity index is 0.00000320. The molecule has 6 nitrogen and oxygen atoms in total. The third-order valence-electron chi connectivity index (χ3n) is 5.35. The summed E-state index contributed by atoms with van der Waals surface area (Å²) in [4.78, 5) is 7.32. The molecule has 1 fully saturated rings. The monoisotopic (exact) mass is 524 g/mol. The van der Waals surface area contributed by atoms with Gasteiger partial charge in [0.15, 0.2) is 5.96 Å². The molecule has 0 bridgehead atoms. The molecule has 30 heavy (non-hydrogen) atoms. The summed E-state index contributed by atoms with van der Waals surface area (Å²) >= 11 is 0. The highest BCUT2D eigenvalue weighted by atomic mass is 127. The molecule has 1 unspecified atom stereocenters. The van der Waals surface area contributed by atoms with Crippen LogP contribution in [0.2, 0.25) is 0 Å². The summed E-state index contributed by atoms with van der Waals surface area (Å²) in [6.45, 7) is 11.3. The van der Waals surface area contributed by atoms with Gasteiger partial charge in [-0.05, 0) is 55.8 Å². The molecular formula is C23H37IN6. The van der Waals surface area contributed by atoms with Crippen molar-refractivity contribution in [3.05, 3.63) is 53.9 Å². The van der Waals surface area contributed by atoms with Gasteiger partial charge >= 0.3 is 0 Å². The third kappa shape index (κ3) is 8.63. The van der Waals surface area contributed by atoms with Crippen molar-refractivity contribution in [1.82, 2.24) is 25.3 Å². The number of hydrogen-bond donors (Lipinski definition) is 2. The van der Waals surface area contributed by atoms with Crippen LogP contribution >= 0.6 is 24.0 Å². The zero-order chi connectivity index (χ0) is 20.3.